The maximum Gasteiger partial charge on any atom is 0.263 e. The number of carbonyl (C=O) groups is 1. The van der Waals surface area contributed by atoms with E-state index in [4.69, 9.17) is 0 Å². The molecule has 3 rings (SSSR count). The summed E-state index contributed by atoms with van der Waals surface area (Å²) in [6, 6.07) is 9.87. The van der Waals surface area contributed by atoms with Gasteiger partial charge in [0.05, 0.1) is 0 Å². The number of nitrogens with one attached hydrogen (secondary N) is 1. The Balaban J connectivity index is 1.80. The molecule has 1 aromatic heterocycles. The van der Waals surface area contributed by atoms with Crippen molar-refractivity contribution < 1.29 is 4.79 Å². The second-order valence-corrected chi connectivity index (χ2v) is 6.78. The number of benzene rings is 1. The summed E-state index contributed by atoms with van der Waals surface area (Å²) in [5, 5.41) is 0. The third-order valence-corrected chi connectivity index (χ3v) is 4.75. The fourth-order valence-electron chi connectivity index (χ4n) is 3.27. The molecular formula is C21H25N3O2. The monoisotopic (exact) mass is 351 g/mol. The minimum absolute atomic E-state index is 0.101. The van der Waals surface area contributed by atoms with Crippen molar-refractivity contribution in [3.8, 4) is 0 Å². The predicted octanol–water partition coefficient (Wildman–Crippen LogP) is 3.61. The van der Waals surface area contributed by atoms with Crippen molar-refractivity contribution in [2.24, 2.45) is 0 Å². The van der Waals surface area contributed by atoms with Gasteiger partial charge >= 0.3 is 0 Å². The van der Waals surface area contributed by atoms with Crippen LogP contribution in [0.15, 0.2) is 53.0 Å². The Morgan fingerprint density at radius 3 is 2.73 bits per heavy atom. The molecule has 0 fully saturated rings. The molecule has 1 aromatic carbocycles. The first-order valence-electron chi connectivity index (χ1n) is 9.20. The zero-order chi connectivity index (χ0) is 18.4. The second-order valence-electron chi connectivity index (χ2n) is 6.78. The summed E-state index contributed by atoms with van der Waals surface area (Å²) in [5.74, 6) is 0.243. The van der Waals surface area contributed by atoms with Crippen molar-refractivity contribution in [2.75, 3.05) is 6.54 Å². The van der Waals surface area contributed by atoms with Gasteiger partial charge in [0.15, 0.2) is 0 Å². The van der Waals surface area contributed by atoms with Crippen LogP contribution < -0.4 is 5.56 Å². The van der Waals surface area contributed by atoms with Crippen molar-refractivity contribution in [3.05, 3.63) is 75.5 Å². The summed E-state index contributed by atoms with van der Waals surface area (Å²) in [4.78, 5) is 33.7. The molecule has 0 radical (unpaired) electrons. The highest BCUT2D eigenvalue weighted by Gasteiger charge is 2.20. The first kappa shape index (κ1) is 18.1. The standard InChI is InChI=1S/C21H25N3O2/c1-16-22-14-19(20(25)23-16)21(26)24(15-18-10-6-3-7-11-18)13-12-17-8-4-2-5-9-17/h3,6-8,10-11,14H,2,4-5,9,12-13,15H2,1H3,(H,22,23,25). The molecule has 136 valence electrons. The molecule has 0 bridgehead atoms. The Bertz CT molecular complexity index is 840. The summed E-state index contributed by atoms with van der Waals surface area (Å²) >= 11 is 0. The third-order valence-electron chi connectivity index (χ3n) is 4.75. The van der Waals surface area contributed by atoms with Gasteiger partial charge in [-0.2, -0.15) is 0 Å². The van der Waals surface area contributed by atoms with Gasteiger partial charge < -0.3 is 9.88 Å². The van der Waals surface area contributed by atoms with Crippen molar-refractivity contribution in [1.82, 2.24) is 14.9 Å². The van der Waals surface area contributed by atoms with Gasteiger partial charge in [-0.1, -0.05) is 42.0 Å². The van der Waals surface area contributed by atoms with Crippen LogP contribution >= 0.6 is 0 Å². The van der Waals surface area contributed by atoms with Crippen LogP contribution in [0.2, 0.25) is 0 Å². The summed E-state index contributed by atoms with van der Waals surface area (Å²) < 4.78 is 0. The summed E-state index contributed by atoms with van der Waals surface area (Å²) in [6.07, 6.45) is 9.25. The number of amides is 1. The van der Waals surface area contributed by atoms with E-state index in [2.05, 4.69) is 16.0 Å². The molecule has 1 amide bonds. The van der Waals surface area contributed by atoms with Crippen LogP contribution in [0.4, 0.5) is 0 Å². The number of carbonyl (C=O) groups excluding carboxylic acids is 1. The maximum atomic E-state index is 13.0. The van der Waals surface area contributed by atoms with Crippen LogP contribution in [-0.4, -0.2) is 27.3 Å². The van der Waals surface area contributed by atoms with Crippen LogP contribution in [0, 0.1) is 6.92 Å². The first-order chi connectivity index (χ1) is 12.6. The molecule has 0 saturated heterocycles. The first-order valence-corrected chi connectivity index (χ1v) is 9.20. The highest BCUT2D eigenvalue weighted by atomic mass is 16.2. The molecule has 5 heteroatoms. The Kier molecular flexibility index (Phi) is 6.00. The Morgan fingerprint density at radius 2 is 2.04 bits per heavy atom. The van der Waals surface area contributed by atoms with Crippen LogP contribution in [-0.2, 0) is 6.54 Å². The highest BCUT2D eigenvalue weighted by Crippen LogP contribution is 2.21. The fourth-order valence-corrected chi connectivity index (χ4v) is 3.27. The SMILES string of the molecule is Cc1ncc(C(=O)N(CCC2=CCCCC2)Cc2ccccc2)c(=O)[nH]1. The molecule has 1 N–H and O–H groups in total. The lowest BCUT2D eigenvalue weighted by atomic mass is 9.97. The number of allylic oxidation sites excluding steroid dienone is 1. The number of aromatic nitrogens is 2. The van der Waals surface area contributed by atoms with E-state index in [1.807, 2.05) is 30.3 Å². The third kappa shape index (κ3) is 4.69. The maximum absolute atomic E-state index is 13.0. The Hall–Kier alpha value is -2.69. The van der Waals surface area contributed by atoms with E-state index in [0.717, 1.165) is 24.8 Å². The van der Waals surface area contributed by atoms with E-state index in [1.165, 1.54) is 24.6 Å². The van der Waals surface area contributed by atoms with Gasteiger partial charge in [0.25, 0.3) is 11.5 Å². The van der Waals surface area contributed by atoms with Gasteiger partial charge in [0.1, 0.15) is 11.4 Å². The molecule has 0 saturated carbocycles. The van der Waals surface area contributed by atoms with Gasteiger partial charge in [-0.25, -0.2) is 4.98 Å². The van der Waals surface area contributed by atoms with Crippen LogP contribution in [0.25, 0.3) is 0 Å². The van der Waals surface area contributed by atoms with E-state index >= 15 is 0 Å². The molecule has 0 unspecified atom stereocenters. The summed E-state index contributed by atoms with van der Waals surface area (Å²) in [6.45, 7) is 2.79. The Labute approximate surface area is 153 Å². The van der Waals surface area contributed by atoms with Crippen molar-refractivity contribution >= 4 is 5.91 Å². The molecule has 5 nitrogen and oxygen atoms in total. The zero-order valence-corrected chi connectivity index (χ0v) is 15.2. The quantitative estimate of drug-likeness (QED) is 0.809. The second kappa shape index (κ2) is 8.61. The number of hydrogen-bond acceptors (Lipinski definition) is 3. The molecule has 0 atom stereocenters. The molecule has 1 heterocycles. The number of rotatable bonds is 6. The van der Waals surface area contributed by atoms with Crippen LogP contribution in [0.5, 0.6) is 0 Å². The number of hydrogen-bond donors (Lipinski definition) is 1. The van der Waals surface area contributed by atoms with Gasteiger partial charge in [-0.15, -0.1) is 0 Å². The lowest BCUT2D eigenvalue weighted by molar-refractivity contribution is 0.0742. The molecule has 1 aliphatic rings. The number of aryl methyl sites for hydroxylation is 1. The lowest BCUT2D eigenvalue weighted by Gasteiger charge is -2.24. The van der Waals surface area contributed by atoms with Crippen molar-refractivity contribution in [3.63, 3.8) is 0 Å². The largest absolute Gasteiger partial charge is 0.334 e. The molecule has 2 aromatic rings. The van der Waals surface area contributed by atoms with E-state index in [0.29, 0.717) is 18.9 Å². The normalized spacial score (nSPS) is 14.0. The van der Waals surface area contributed by atoms with Crippen LogP contribution in [0.1, 0.15) is 53.8 Å². The van der Waals surface area contributed by atoms with E-state index in [-0.39, 0.29) is 17.0 Å². The summed E-state index contributed by atoms with van der Waals surface area (Å²) in [7, 11) is 0. The van der Waals surface area contributed by atoms with Gasteiger partial charge in [0.2, 0.25) is 0 Å². The average molecular weight is 351 g/mol. The minimum Gasteiger partial charge on any atom is -0.334 e. The van der Waals surface area contributed by atoms with E-state index in [9.17, 15) is 9.59 Å². The number of nitrogens with zero attached hydrogens (tertiary/aromatic N) is 2. The fraction of sp³-hybridized carbons (Fsp3) is 0.381. The lowest BCUT2D eigenvalue weighted by Crippen LogP contribution is -2.35. The van der Waals surface area contributed by atoms with Gasteiger partial charge in [-0.05, 0) is 44.6 Å². The van der Waals surface area contributed by atoms with Crippen molar-refractivity contribution in [1.29, 1.82) is 0 Å². The van der Waals surface area contributed by atoms with E-state index in [1.54, 1.807) is 11.8 Å². The number of H-pyrrole nitrogens is 1. The predicted molar refractivity (Wildman–Crippen MR) is 102 cm³/mol. The molecule has 26 heavy (non-hydrogen) atoms. The Morgan fingerprint density at radius 1 is 1.23 bits per heavy atom. The minimum atomic E-state index is -0.377. The van der Waals surface area contributed by atoms with E-state index < -0.39 is 0 Å². The van der Waals surface area contributed by atoms with Crippen molar-refractivity contribution in [2.45, 2.75) is 45.6 Å². The molecule has 1 aliphatic carbocycles. The summed E-state index contributed by atoms with van der Waals surface area (Å²) in [5.41, 5.74) is 2.19. The van der Waals surface area contributed by atoms with Gasteiger partial charge in [0, 0.05) is 19.3 Å². The van der Waals surface area contributed by atoms with Gasteiger partial charge in [-0.3, -0.25) is 9.59 Å². The number of aromatic amines is 1. The molecule has 0 aliphatic heterocycles. The topological polar surface area (TPSA) is 66.1 Å². The molecular weight excluding hydrogens is 326 g/mol. The zero-order valence-electron chi connectivity index (χ0n) is 15.2. The smallest absolute Gasteiger partial charge is 0.263 e. The van der Waals surface area contributed by atoms with Crippen LogP contribution in [0.3, 0.4) is 0 Å². The highest BCUT2D eigenvalue weighted by molar-refractivity contribution is 5.93. The molecule has 0 spiro atoms. The average Bonchev–Trinajstić information content (AvgIpc) is 2.66.